The van der Waals surface area contributed by atoms with E-state index in [2.05, 4.69) is 20.3 Å². The van der Waals surface area contributed by atoms with Gasteiger partial charge in [-0.25, -0.2) is 13.0 Å². The zero-order valence-corrected chi connectivity index (χ0v) is 15.1. The minimum Gasteiger partial charge on any atom is -0.353 e. The van der Waals surface area contributed by atoms with Gasteiger partial charge in [0.15, 0.2) is 0 Å². The number of amides is 1. The van der Waals surface area contributed by atoms with Crippen molar-refractivity contribution in [3.63, 3.8) is 0 Å². The van der Waals surface area contributed by atoms with E-state index in [0.29, 0.717) is 17.8 Å². The van der Waals surface area contributed by atoms with Crippen molar-refractivity contribution in [2.75, 3.05) is 7.05 Å². The lowest BCUT2D eigenvalue weighted by Crippen LogP contribution is -2.33. The summed E-state index contributed by atoms with van der Waals surface area (Å²) in [6.45, 7) is 3.28. The standard InChI is InChI=1S/C16H20N4O4S/c1-10-16(19-24-18-10)9-20(3)25(22,23)15-5-4-12-6-14(17-11(2)21)7-13(12)8-15/h4-5,8,14H,6-7,9H2,1-3H3,(H,17,21)/t14-/m0/s1. The number of carbonyl (C=O) groups excluding carboxylic acids is 1. The van der Waals surface area contributed by atoms with Gasteiger partial charge in [0.2, 0.25) is 15.9 Å². The van der Waals surface area contributed by atoms with Crippen LogP contribution in [0, 0.1) is 6.92 Å². The lowest BCUT2D eigenvalue weighted by atomic mass is 10.1. The van der Waals surface area contributed by atoms with Crippen molar-refractivity contribution in [3.8, 4) is 0 Å². The van der Waals surface area contributed by atoms with E-state index >= 15 is 0 Å². The van der Waals surface area contributed by atoms with Crippen molar-refractivity contribution in [2.24, 2.45) is 0 Å². The molecule has 25 heavy (non-hydrogen) atoms. The summed E-state index contributed by atoms with van der Waals surface area (Å²) < 4.78 is 31.4. The molecule has 134 valence electrons. The summed E-state index contributed by atoms with van der Waals surface area (Å²) in [5.41, 5.74) is 3.07. The molecule has 0 spiro atoms. The van der Waals surface area contributed by atoms with Gasteiger partial charge in [0.05, 0.1) is 11.4 Å². The van der Waals surface area contributed by atoms with Crippen LogP contribution in [0.2, 0.25) is 0 Å². The molecule has 1 aromatic heterocycles. The van der Waals surface area contributed by atoms with Gasteiger partial charge in [-0.2, -0.15) is 4.31 Å². The first-order valence-electron chi connectivity index (χ1n) is 7.90. The third-order valence-corrected chi connectivity index (χ3v) is 6.14. The minimum atomic E-state index is -3.66. The number of carbonyl (C=O) groups is 1. The average Bonchev–Trinajstić information content (AvgIpc) is 3.11. The van der Waals surface area contributed by atoms with E-state index in [0.717, 1.165) is 17.5 Å². The minimum absolute atomic E-state index is 0.0204. The summed E-state index contributed by atoms with van der Waals surface area (Å²) in [6, 6.07) is 5.14. The van der Waals surface area contributed by atoms with Crippen molar-refractivity contribution in [3.05, 3.63) is 40.7 Å². The van der Waals surface area contributed by atoms with E-state index in [1.807, 2.05) is 6.07 Å². The lowest BCUT2D eigenvalue weighted by molar-refractivity contribution is -0.119. The van der Waals surface area contributed by atoms with Crippen LogP contribution >= 0.6 is 0 Å². The number of aryl methyl sites for hydroxylation is 1. The maximum atomic E-state index is 12.8. The highest BCUT2D eigenvalue weighted by atomic mass is 32.2. The SMILES string of the molecule is CC(=O)N[C@H]1Cc2ccc(S(=O)(=O)N(C)Cc3nonc3C)cc2C1. The molecule has 9 heteroatoms. The molecule has 0 fully saturated rings. The van der Waals surface area contributed by atoms with E-state index in [9.17, 15) is 13.2 Å². The van der Waals surface area contributed by atoms with Crippen LogP contribution < -0.4 is 5.32 Å². The Labute approximate surface area is 146 Å². The smallest absolute Gasteiger partial charge is 0.243 e. The number of sulfonamides is 1. The number of benzene rings is 1. The van der Waals surface area contributed by atoms with E-state index in [1.165, 1.54) is 18.3 Å². The first-order chi connectivity index (χ1) is 11.8. The summed E-state index contributed by atoms with van der Waals surface area (Å²) in [5.74, 6) is -0.0815. The van der Waals surface area contributed by atoms with Crippen molar-refractivity contribution in [2.45, 2.75) is 44.2 Å². The predicted molar refractivity (Wildman–Crippen MR) is 89.1 cm³/mol. The Bertz CT molecular complexity index is 907. The van der Waals surface area contributed by atoms with Gasteiger partial charge in [0.1, 0.15) is 11.4 Å². The Morgan fingerprint density at radius 3 is 2.68 bits per heavy atom. The molecule has 0 unspecified atom stereocenters. The molecule has 1 aliphatic rings. The quantitative estimate of drug-likeness (QED) is 0.841. The number of fused-ring (bicyclic) bond motifs is 1. The molecule has 1 N–H and O–H groups in total. The number of nitrogens with one attached hydrogen (secondary N) is 1. The highest BCUT2D eigenvalue weighted by Crippen LogP contribution is 2.27. The zero-order valence-electron chi connectivity index (χ0n) is 14.3. The highest BCUT2D eigenvalue weighted by Gasteiger charge is 2.27. The molecule has 0 radical (unpaired) electrons. The molecule has 8 nitrogen and oxygen atoms in total. The van der Waals surface area contributed by atoms with Crippen LogP contribution in [0.1, 0.15) is 29.4 Å². The van der Waals surface area contributed by atoms with Gasteiger partial charge in [0.25, 0.3) is 0 Å². The van der Waals surface area contributed by atoms with Crippen molar-refractivity contribution in [1.29, 1.82) is 0 Å². The van der Waals surface area contributed by atoms with Gasteiger partial charge in [-0.15, -0.1) is 0 Å². The fourth-order valence-corrected chi connectivity index (χ4v) is 4.20. The Morgan fingerprint density at radius 2 is 2.04 bits per heavy atom. The summed E-state index contributed by atoms with van der Waals surface area (Å²) in [5, 5.41) is 10.3. The normalized spacial score (nSPS) is 16.9. The Morgan fingerprint density at radius 1 is 1.32 bits per heavy atom. The molecule has 1 aromatic carbocycles. The molecule has 0 aliphatic heterocycles. The largest absolute Gasteiger partial charge is 0.353 e. The van der Waals surface area contributed by atoms with E-state index in [1.54, 1.807) is 19.1 Å². The van der Waals surface area contributed by atoms with Gasteiger partial charge < -0.3 is 5.32 Å². The van der Waals surface area contributed by atoms with Crippen LogP contribution in [0.15, 0.2) is 27.7 Å². The van der Waals surface area contributed by atoms with Crippen LogP contribution in [0.4, 0.5) is 0 Å². The fourth-order valence-electron chi connectivity index (χ4n) is 3.01. The van der Waals surface area contributed by atoms with Gasteiger partial charge in [-0.3, -0.25) is 4.79 Å². The number of aromatic nitrogens is 2. The maximum Gasteiger partial charge on any atom is 0.243 e. The second-order valence-electron chi connectivity index (χ2n) is 6.29. The molecule has 1 heterocycles. The zero-order chi connectivity index (χ0) is 18.2. The lowest BCUT2D eigenvalue weighted by Gasteiger charge is -2.16. The summed E-state index contributed by atoms with van der Waals surface area (Å²) in [7, 11) is -2.16. The number of hydrogen-bond acceptors (Lipinski definition) is 6. The van der Waals surface area contributed by atoms with Crippen LogP contribution in [0.3, 0.4) is 0 Å². The van der Waals surface area contributed by atoms with Gasteiger partial charge in [0, 0.05) is 20.0 Å². The fraction of sp³-hybridized carbons (Fsp3) is 0.438. The first-order valence-corrected chi connectivity index (χ1v) is 9.34. The van der Waals surface area contributed by atoms with Crippen LogP contribution in [0.25, 0.3) is 0 Å². The molecule has 2 aromatic rings. The van der Waals surface area contributed by atoms with Gasteiger partial charge >= 0.3 is 0 Å². The summed E-state index contributed by atoms with van der Waals surface area (Å²) in [4.78, 5) is 11.4. The van der Waals surface area contributed by atoms with Crippen LogP contribution in [-0.2, 0) is 34.2 Å². The molecule has 0 saturated heterocycles. The monoisotopic (exact) mass is 364 g/mol. The topological polar surface area (TPSA) is 105 Å². The Balaban J connectivity index is 1.80. The van der Waals surface area contributed by atoms with Crippen LogP contribution in [-0.4, -0.2) is 42.0 Å². The molecular formula is C16H20N4O4S. The second-order valence-corrected chi connectivity index (χ2v) is 8.34. The molecule has 0 saturated carbocycles. The summed E-state index contributed by atoms with van der Waals surface area (Å²) >= 11 is 0. The van der Waals surface area contributed by atoms with Gasteiger partial charge in [-0.1, -0.05) is 16.4 Å². The molecule has 1 aliphatic carbocycles. The van der Waals surface area contributed by atoms with Crippen LogP contribution in [0.5, 0.6) is 0 Å². The highest BCUT2D eigenvalue weighted by molar-refractivity contribution is 7.89. The molecule has 1 amide bonds. The third kappa shape index (κ3) is 3.57. The number of hydrogen-bond donors (Lipinski definition) is 1. The number of rotatable bonds is 5. The van der Waals surface area contributed by atoms with E-state index < -0.39 is 10.0 Å². The molecule has 1 atom stereocenters. The number of nitrogens with zero attached hydrogens (tertiary/aromatic N) is 3. The first kappa shape index (κ1) is 17.6. The van der Waals surface area contributed by atoms with E-state index in [-0.39, 0.29) is 23.4 Å². The maximum absolute atomic E-state index is 12.8. The third-order valence-electron chi connectivity index (χ3n) is 4.34. The van der Waals surface area contributed by atoms with Crippen molar-refractivity contribution in [1.82, 2.24) is 19.9 Å². The Kier molecular flexibility index (Phi) is 4.61. The average molecular weight is 364 g/mol. The second kappa shape index (κ2) is 6.57. The Hall–Kier alpha value is -2.26. The van der Waals surface area contributed by atoms with Crippen molar-refractivity contribution >= 4 is 15.9 Å². The van der Waals surface area contributed by atoms with E-state index in [4.69, 9.17) is 0 Å². The molecule has 0 bridgehead atoms. The summed E-state index contributed by atoms with van der Waals surface area (Å²) in [6.07, 6.45) is 1.35. The van der Waals surface area contributed by atoms with Crippen molar-refractivity contribution < 1.29 is 17.8 Å². The predicted octanol–water partition coefficient (Wildman–Crippen LogP) is 0.802. The van der Waals surface area contributed by atoms with Gasteiger partial charge in [-0.05, 0) is 43.0 Å². The molecule has 3 rings (SSSR count). The molecular weight excluding hydrogens is 344 g/mol.